The molecule has 3 aromatic rings. The summed E-state index contributed by atoms with van der Waals surface area (Å²) in [6.07, 6.45) is 1.48. The number of rotatable bonds is 10. The number of hydrogen-bond acceptors (Lipinski definition) is 6. The van der Waals surface area contributed by atoms with Crippen molar-refractivity contribution in [3.8, 4) is 17.0 Å². The van der Waals surface area contributed by atoms with E-state index in [1.165, 1.54) is 0 Å². The van der Waals surface area contributed by atoms with E-state index in [0.29, 0.717) is 35.6 Å². The third-order valence-corrected chi connectivity index (χ3v) is 11.1. The highest BCUT2D eigenvalue weighted by molar-refractivity contribution is 6.74. The molecule has 1 unspecified atom stereocenters. The number of nitrogens with one attached hydrogen (secondary N) is 1. The van der Waals surface area contributed by atoms with Gasteiger partial charge < -0.3 is 19.6 Å². The number of ether oxygens (including phenoxy) is 1. The summed E-state index contributed by atoms with van der Waals surface area (Å²) in [7, 11) is -0.0430. The van der Waals surface area contributed by atoms with Crippen molar-refractivity contribution in [3.63, 3.8) is 0 Å². The molecule has 35 heavy (non-hydrogen) atoms. The van der Waals surface area contributed by atoms with E-state index in [9.17, 15) is 9.90 Å². The first kappa shape index (κ1) is 26.8. The van der Waals surface area contributed by atoms with Crippen molar-refractivity contribution in [1.29, 1.82) is 0 Å². The van der Waals surface area contributed by atoms with Gasteiger partial charge in [0.15, 0.2) is 14.0 Å². The van der Waals surface area contributed by atoms with E-state index in [1.54, 1.807) is 16.9 Å². The number of likely N-dealkylation sites (N-methyl/N-ethyl adjacent to an activating group) is 1. The van der Waals surface area contributed by atoms with Crippen molar-refractivity contribution < 1.29 is 19.1 Å². The minimum Gasteiger partial charge on any atom is -0.491 e. The maximum atomic E-state index is 12.0. The van der Waals surface area contributed by atoms with Crippen molar-refractivity contribution >= 4 is 25.3 Å². The van der Waals surface area contributed by atoms with Gasteiger partial charge in [-0.15, -0.1) is 0 Å². The second-order valence-corrected chi connectivity index (χ2v) is 15.4. The fraction of sp³-hybridized carbons (Fsp3) is 0.500. The Morgan fingerprint density at radius 2 is 1.94 bits per heavy atom. The highest BCUT2D eigenvalue weighted by atomic mass is 28.4. The lowest BCUT2D eigenvalue weighted by molar-refractivity contribution is 0.0699. The van der Waals surface area contributed by atoms with Gasteiger partial charge in [-0.1, -0.05) is 32.9 Å². The predicted molar refractivity (Wildman–Crippen MR) is 142 cm³/mol. The zero-order chi connectivity index (χ0) is 26.0. The molecule has 3 rings (SSSR count). The maximum absolute atomic E-state index is 12.0. The van der Waals surface area contributed by atoms with Crippen LogP contribution in [0, 0.1) is 0 Å². The number of aromatic carboxylic acids is 1. The molecule has 0 aliphatic carbocycles. The second kappa shape index (κ2) is 10.5. The second-order valence-electron chi connectivity index (χ2n) is 10.7. The van der Waals surface area contributed by atoms with Gasteiger partial charge in [-0.25, -0.2) is 14.5 Å². The van der Waals surface area contributed by atoms with Crippen LogP contribution in [-0.4, -0.2) is 60.5 Å². The van der Waals surface area contributed by atoms with Gasteiger partial charge >= 0.3 is 5.97 Å². The fourth-order valence-electron chi connectivity index (χ4n) is 3.61. The Morgan fingerprint density at radius 3 is 2.54 bits per heavy atom. The first-order valence-corrected chi connectivity index (χ1v) is 14.9. The molecule has 2 heterocycles. The van der Waals surface area contributed by atoms with E-state index < -0.39 is 14.3 Å². The molecule has 0 amide bonds. The van der Waals surface area contributed by atoms with Crippen molar-refractivity contribution in [3.05, 3.63) is 42.1 Å². The van der Waals surface area contributed by atoms with E-state index >= 15 is 0 Å². The third-order valence-electron chi connectivity index (χ3n) is 6.55. The number of fused-ring (bicyclic) bond motifs is 1. The monoisotopic (exact) mass is 498 g/mol. The molecule has 0 saturated heterocycles. The molecule has 8 nitrogen and oxygen atoms in total. The van der Waals surface area contributed by atoms with Gasteiger partial charge in [0.05, 0.1) is 28.9 Å². The number of benzene rings is 1. The molecule has 2 N–H and O–H groups in total. The van der Waals surface area contributed by atoms with E-state index in [4.69, 9.17) is 14.1 Å². The fourth-order valence-corrected chi connectivity index (χ4v) is 4.95. The van der Waals surface area contributed by atoms with Gasteiger partial charge in [-0.3, -0.25) is 0 Å². The van der Waals surface area contributed by atoms with Crippen LogP contribution in [0.4, 0.5) is 0 Å². The Morgan fingerprint density at radius 1 is 1.23 bits per heavy atom. The molecular weight excluding hydrogens is 460 g/mol. The summed E-state index contributed by atoms with van der Waals surface area (Å²) in [5, 5.41) is 18.0. The first-order valence-electron chi connectivity index (χ1n) is 12.0. The van der Waals surface area contributed by atoms with Crippen LogP contribution in [0.3, 0.4) is 0 Å². The number of aromatic nitrogens is 3. The predicted octanol–water partition coefficient (Wildman–Crippen LogP) is 5.37. The van der Waals surface area contributed by atoms with Crippen LogP contribution in [0.2, 0.25) is 18.1 Å². The summed E-state index contributed by atoms with van der Waals surface area (Å²) in [6.45, 7) is 16.2. The molecule has 0 spiro atoms. The van der Waals surface area contributed by atoms with Crippen molar-refractivity contribution in [1.82, 2.24) is 20.1 Å². The number of carbonyl (C=O) groups is 1. The Hall–Kier alpha value is -2.75. The van der Waals surface area contributed by atoms with Crippen LogP contribution in [0.1, 0.15) is 51.0 Å². The van der Waals surface area contributed by atoms with Gasteiger partial charge in [0.2, 0.25) is 0 Å². The standard InChI is InChI=1S/C26H38N4O4Si/c1-17(2)30-24-22(15-28-30)21(25(31)32)13-23(29-24)18-10-9-11-19(12-18)33-16-20(14-27-6)34-35(7,8)26(3,4)5/h9-13,15,17,20,27H,14,16H2,1-8H3,(H,31,32). The van der Waals surface area contributed by atoms with Gasteiger partial charge in [-0.05, 0) is 57.2 Å². The Labute approximate surface area is 208 Å². The summed E-state index contributed by atoms with van der Waals surface area (Å²) in [6, 6.07) is 9.22. The first-order chi connectivity index (χ1) is 16.3. The van der Waals surface area contributed by atoms with Crippen LogP contribution in [0.5, 0.6) is 5.75 Å². The zero-order valence-electron chi connectivity index (χ0n) is 22.0. The summed E-state index contributed by atoms with van der Waals surface area (Å²) >= 11 is 0. The van der Waals surface area contributed by atoms with Crippen LogP contribution < -0.4 is 10.1 Å². The Bertz CT molecular complexity index is 1180. The lowest BCUT2D eigenvalue weighted by Gasteiger charge is -2.39. The molecule has 2 aromatic heterocycles. The lowest BCUT2D eigenvalue weighted by atomic mass is 10.1. The van der Waals surface area contributed by atoms with E-state index in [0.717, 1.165) is 5.56 Å². The molecule has 190 valence electrons. The van der Waals surface area contributed by atoms with Gasteiger partial charge in [0.25, 0.3) is 0 Å². The average molecular weight is 499 g/mol. The largest absolute Gasteiger partial charge is 0.491 e. The van der Waals surface area contributed by atoms with E-state index in [1.807, 2.05) is 45.2 Å². The molecule has 0 aliphatic rings. The summed E-state index contributed by atoms with van der Waals surface area (Å²) in [5.41, 5.74) is 2.07. The molecular formula is C26H38N4O4Si. The van der Waals surface area contributed by atoms with Gasteiger partial charge in [0, 0.05) is 18.2 Å². The van der Waals surface area contributed by atoms with Crippen molar-refractivity contribution in [2.24, 2.45) is 0 Å². The molecule has 0 fully saturated rings. The number of hydrogen-bond donors (Lipinski definition) is 2. The van der Waals surface area contributed by atoms with Crippen molar-refractivity contribution in [2.75, 3.05) is 20.2 Å². The number of pyridine rings is 1. The maximum Gasteiger partial charge on any atom is 0.336 e. The molecule has 0 radical (unpaired) electrons. The molecule has 1 aromatic carbocycles. The van der Waals surface area contributed by atoms with Crippen LogP contribution in [0.25, 0.3) is 22.3 Å². The molecule has 9 heteroatoms. The summed E-state index contributed by atoms with van der Waals surface area (Å²) < 4.78 is 14.5. The minimum absolute atomic E-state index is 0.0524. The minimum atomic E-state index is -1.95. The molecule has 0 bridgehead atoms. The normalized spacial score (nSPS) is 13.4. The van der Waals surface area contributed by atoms with Gasteiger partial charge in [0.1, 0.15) is 12.4 Å². The lowest BCUT2D eigenvalue weighted by Crippen LogP contribution is -2.47. The Kier molecular flexibility index (Phi) is 8.03. The topological polar surface area (TPSA) is 98.5 Å². The quantitative estimate of drug-likeness (QED) is 0.363. The van der Waals surface area contributed by atoms with Crippen molar-refractivity contribution in [2.45, 2.75) is 64.9 Å². The molecule has 0 aliphatic heterocycles. The number of carboxylic acid groups (broad SMARTS) is 1. The van der Waals surface area contributed by atoms with Crippen LogP contribution >= 0.6 is 0 Å². The molecule has 1 atom stereocenters. The van der Waals surface area contributed by atoms with E-state index in [2.05, 4.69) is 44.3 Å². The SMILES string of the molecule is CNCC(COc1cccc(-c2cc(C(=O)O)c3cnn(C(C)C)c3n2)c1)O[Si](C)(C)C(C)(C)C. The zero-order valence-corrected chi connectivity index (χ0v) is 23.0. The smallest absolute Gasteiger partial charge is 0.336 e. The Balaban J connectivity index is 1.88. The third kappa shape index (κ3) is 6.09. The number of carboxylic acids is 1. The van der Waals surface area contributed by atoms with Crippen LogP contribution in [0.15, 0.2) is 36.5 Å². The highest BCUT2D eigenvalue weighted by Gasteiger charge is 2.39. The van der Waals surface area contributed by atoms with E-state index in [-0.39, 0.29) is 22.7 Å². The highest BCUT2D eigenvalue weighted by Crippen LogP contribution is 2.37. The van der Waals surface area contributed by atoms with Gasteiger partial charge in [-0.2, -0.15) is 5.10 Å². The average Bonchev–Trinajstić information content (AvgIpc) is 3.20. The number of nitrogens with zero attached hydrogens (tertiary/aromatic N) is 3. The van der Waals surface area contributed by atoms with Crippen LogP contribution in [-0.2, 0) is 4.43 Å². The molecule has 0 saturated carbocycles. The summed E-state index contributed by atoms with van der Waals surface area (Å²) in [5.74, 6) is -0.328. The summed E-state index contributed by atoms with van der Waals surface area (Å²) in [4.78, 5) is 16.7.